The van der Waals surface area contributed by atoms with Crippen molar-refractivity contribution >= 4 is 11.5 Å². The molecule has 1 unspecified atom stereocenters. The Bertz CT molecular complexity index is 514. The molecule has 0 aliphatic carbocycles. The first-order valence-electron chi connectivity index (χ1n) is 7.15. The van der Waals surface area contributed by atoms with Crippen LogP contribution < -0.4 is 5.32 Å². The molecule has 1 aromatic heterocycles. The summed E-state index contributed by atoms with van der Waals surface area (Å²) in [6.07, 6.45) is 0.0285. The largest absolute Gasteiger partial charge is 0.374 e. The van der Waals surface area contributed by atoms with Crippen LogP contribution in [0.25, 0.3) is 0 Å². The van der Waals surface area contributed by atoms with E-state index in [1.807, 2.05) is 20.9 Å². The molecular formula is C13H23N5O3. The quantitative estimate of drug-likeness (QED) is 0.649. The smallest absolute Gasteiger partial charge is 0.334 e. The van der Waals surface area contributed by atoms with Gasteiger partial charge < -0.3 is 15.0 Å². The first-order chi connectivity index (χ1) is 9.90. The molecule has 1 N–H and O–H groups in total. The maximum atomic E-state index is 11.3. The molecule has 2 rings (SSSR count). The number of nitrogens with zero attached hydrogens (tertiary/aromatic N) is 4. The second kappa shape index (κ2) is 6.40. The second-order valence-electron chi connectivity index (χ2n) is 5.75. The zero-order chi connectivity index (χ0) is 15.6. The summed E-state index contributed by atoms with van der Waals surface area (Å²) in [6.45, 7) is 6.75. The van der Waals surface area contributed by atoms with Crippen molar-refractivity contribution in [1.29, 1.82) is 0 Å². The topological polar surface area (TPSA) is 85.5 Å². The van der Waals surface area contributed by atoms with Crippen LogP contribution in [0, 0.1) is 10.1 Å². The summed E-state index contributed by atoms with van der Waals surface area (Å²) in [5.74, 6) is 0.449. The zero-order valence-electron chi connectivity index (χ0n) is 13.0. The van der Waals surface area contributed by atoms with Crippen molar-refractivity contribution in [3.8, 4) is 0 Å². The average Bonchev–Trinajstić information content (AvgIpc) is 2.74. The highest BCUT2D eigenvalue weighted by Gasteiger charge is 2.29. The van der Waals surface area contributed by atoms with Crippen LogP contribution in [0.3, 0.4) is 0 Å². The maximum Gasteiger partial charge on any atom is 0.334 e. The number of nitrogens with one attached hydrogen (secondary N) is 1. The minimum absolute atomic E-state index is 0.00390. The highest BCUT2D eigenvalue weighted by molar-refractivity contribution is 5.60. The molecule has 1 atom stereocenters. The minimum atomic E-state index is -0.363. The molecule has 0 amide bonds. The lowest BCUT2D eigenvalue weighted by molar-refractivity contribution is -0.384. The van der Waals surface area contributed by atoms with Crippen LogP contribution in [0.5, 0.6) is 0 Å². The maximum absolute atomic E-state index is 11.3. The Morgan fingerprint density at radius 2 is 2.24 bits per heavy atom. The lowest BCUT2D eigenvalue weighted by atomic mass is 10.1. The van der Waals surface area contributed by atoms with Crippen LogP contribution in [-0.2, 0) is 11.8 Å². The van der Waals surface area contributed by atoms with Gasteiger partial charge in [-0.05, 0) is 7.05 Å². The Balaban J connectivity index is 2.14. The normalized spacial score (nSPS) is 20.0. The first kappa shape index (κ1) is 15.7. The summed E-state index contributed by atoms with van der Waals surface area (Å²) < 4.78 is 7.20. The SMILES string of the molecule is CC(C)c1nn(C)c(NCC2CN(C)CCO2)c1[N+](=O)[O-]. The van der Waals surface area contributed by atoms with E-state index in [0.29, 0.717) is 24.7 Å². The van der Waals surface area contributed by atoms with Crippen molar-refractivity contribution in [3.63, 3.8) is 0 Å². The summed E-state index contributed by atoms with van der Waals surface area (Å²) in [6, 6.07) is 0. The van der Waals surface area contributed by atoms with Crippen molar-refractivity contribution in [2.45, 2.75) is 25.9 Å². The predicted molar refractivity (Wildman–Crippen MR) is 79.7 cm³/mol. The van der Waals surface area contributed by atoms with Gasteiger partial charge in [0.05, 0.1) is 17.6 Å². The van der Waals surface area contributed by atoms with Gasteiger partial charge in [-0.3, -0.25) is 10.1 Å². The second-order valence-corrected chi connectivity index (χ2v) is 5.75. The van der Waals surface area contributed by atoms with Crippen LogP contribution in [0.2, 0.25) is 0 Å². The molecule has 0 radical (unpaired) electrons. The molecule has 118 valence electrons. The number of aromatic nitrogens is 2. The van der Waals surface area contributed by atoms with E-state index < -0.39 is 0 Å². The third-order valence-corrected chi connectivity index (χ3v) is 3.62. The lowest BCUT2D eigenvalue weighted by Gasteiger charge is -2.30. The lowest BCUT2D eigenvalue weighted by Crippen LogP contribution is -2.43. The van der Waals surface area contributed by atoms with Crippen LogP contribution in [0.15, 0.2) is 0 Å². The summed E-state index contributed by atoms with van der Waals surface area (Å²) in [5.41, 5.74) is 0.573. The first-order valence-corrected chi connectivity index (χ1v) is 7.15. The Morgan fingerprint density at radius 3 is 2.81 bits per heavy atom. The number of hydrogen-bond donors (Lipinski definition) is 1. The number of nitro groups is 1. The molecule has 1 fully saturated rings. The molecule has 0 saturated carbocycles. The van der Waals surface area contributed by atoms with E-state index in [4.69, 9.17) is 4.74 Å². The highest BCUT2D eigenvalue weighted by Crippen LogP contribution is 2.32. The fourth-order valence-corrected chi connectivity index (χ4v) is 2.50. The Kier molecular flexibility index (Phi) is 4.79. The molecule has 0 aromatic carbocycles. The molecule has 0 spiro atoms. The third-order valence-electron chi connectivity index (χ3n) is 3.62. The molecule has 0 bridgehead atoms. The van der Waals surface area contributed by atoms with Gasteiger partial charge in [-0.1, -0.05) is 13.8 Å². The number of hydrogen-bond acceptors (Lipinski definition) is 6. The average molecular weight is 297 g/mol. The number of ether oxygens (including phenoxy) is 1. The molecule has 1 saturated heterocycles. The fraction of sp³-hybridized carbons (Fsp3) is 0.769. The van der Waals surface area contributed by atoms with E-state index in [1.54, 1.807) is 11.7 Å². The number of aryl methyl sites for hydroxylation is 1. The summed E-state index contributed by atoms with van der Waals surface area (Å²) in [5, 5.41) is 18.7. The number of rotatable bonds is 5. The molecule has 1 aliphatic rings. The van der Waals surface area contributed by atoms with Crippen molar-refractivity contribution in [3.05, 3.63) is 15.8 Å². The van der Waals surface area contributed by atoms with E-state index in [9.17, 15) is 10.1 Å². The zero-order valence-corrected chi connectivity index (χ0v) is 13.0. The standard InChI is InChI=1S/C13H23N5O3/c1-9(2)11-12(18(19)20)13(17(4)15-11)14-7-10-8-16(3)5-6-21-10/h9-10,14H,5-8H2,1-4H3. The molecule has 1 aliphatic heterocycles. The van der Waals surface area contributed by atoms with Gasteiger partial charge >= 0.3 is 5.69 Å². The highest BCUT2D eigenvalue weighted by atomic mass is 16.6. The minimum Gasteiger partial charge on any atom is -0.374 e. The molecule has 1 aromatic rings. The van der Waals surface area contributed by atoms with Crippen molar-refractivity contribution in [1.82, 2.24) is 14.7 Å². The van der Waals surface area contributed by atoms with Crippen LogP contribution in [-0.4, -0.2) is 59.0 Å². The van der Waals surface area contributed by atoms with E-state index in [0.717, 1.165) is 13.1 Å². The third kappa shape index (κ3) is 3.51. The van der Waals surface area contributed by atoms with Crippen LogP contribution in [0.4, 0.5) is 11.5 Å². The summed E-state index contributed by atoms with van der Waals surface area (Å²) in [7, 11) is 3.76. The van der Waals surface area contributed by atoms with Crippen LogP contribution in [0.1, 0.15) is 25.5 Å². The van der Waals surface area contributed by atoms with Gasteiger partial charge in [-0.2, -0.15) is 5.10 Å². The van der Waals surface area contributed by atoms with Crippen molar-refractivity contribution in [2.24, 2.45) is 7.05 Å². The Morgan fingerprint density at radius 1 is 1.52 bits per heavy atom. The molecular weight excluding hydrogens is 274 g/mol. The van der Waals surface area contributed by atoms with Gasteiger partial charge in [0.1, 0.15) is 5.69 Å². The van der Waals surface area contributed by atoms with Gasteiger partial charge in [0.15, 0.2) is 0 Å². The van der Waals surface area contributed by atoms with Crippen molar-refractivity contribution < 1.29 is 9.66 Å². The predicted octanol–water partition coefficient (Wildman–Crippen LogP) is 1.19. The Hall–Kier alpha value is -1.67. The summed E-state index contributed by atoms with van der Waals surface area (Å²) in [4.78, 5) is 13.2. The number of anilines is 1. The van der Waals surface area contributed by atoms with E-state index in [-0.39, 0.29) is 22.6 Å². The number of morpholine rings is 1. The van der Waals surface area contributed by atoms with E-state index >= 15 is 0 Å². The van der Waals surface area contributed by atoms with Crippen LogP contribution >= 0.6 is 0 Å². The van der Waals surface area contributed by atoms with E-state index in [1.165, 1.54) is 0 Å². The van der Waals surface area contributed by atoms with Gasteiger partial charge in [0.2, 0.25) is 5.82 Å². The molecule has 2 heterocycles. The monoisotopic (exact) mass is 297 g/mol. The van der Waals surface area contributed by atoms with Gasteiger partial charge in [-0.15, -0.1) is 0 Å². The summed E-state index contributed by atoms with van der Waals surface area (Å²) >= 11 is 0. The molecule has 8 nitrogen and oxygen atoms in total. The van der Waals surface area contributed by atoms with E-state index in [2.05, 4.69) is 15.3 Å². The van der Waals surface area contributed by atoms with Crippen molar-refractivity contribution in [2.75, 3.05) is 38.6 Å². The van der Waals surface area contributed by atoms with Gasteiger partial charge in [-0.25, -0.2) is 4.68 Å². The Labute approximate surface area is 124 Å². The van der Waals surface area contributed by atoms with Gasteiger partial charge in [0.25, 0.3) is 0 Å². The fourth-order valence-electron chi connectivity index (χ4n) is 2.50. The van der Waals surface area contributed by atoms with Gasteiger partial charge in [0, 0.05) is 32.6 Å². The number of likely N-dealkylation sites (N-methyl/N-ethyl adjacent to an activating group) is 1. The molecule has 8 heteroatoms. The molecule has 21 heavy (non-hydrogen) atoms.